The van der Waals surface area contributed by atoms with Crippen LogP contribution in [0.2, 0.25) is 0 Å². The van der Waals surface area contributed by atoms with Crippen molar-refractivity contribution in [2.75, 3.05) is 0 Å². The fourth-order valence-electron chi connectivity index (χ4n) is 2.33. The fourth-order valence-corrected chi connectivity index (χ4v) is 2.33. The summed E-state index contributed by atoms with van der Waals surface area (Å²) >= 11 is 0. The molecule has 2 rings (SSSR count). The van der Waals surface area contributed by atoms with Crippen molar-refractivity contribution in [3.8, 4) is 0 Å². The topological polar surface area (TPSA) is 0 Å². The van der Waals surface area contributed by atoms with E-state index in [1.807, 2.05) is 0 Å². The van der Waals surface area contributed by atoms with Crippen LogP contribution in [0.15, 0.2) is 23.3 Å². The molecule has 0 aromatic carbocycles. The highest BCUT2D eigenvalue weighted by Crippen LogP contribution is 2.39. The summed E-state index contributed by atoms with van der Waals surface area (Å²) in [5, 5.41) is 0. The molecule has 2 aliphatic carbocycles. The third kappa shape index (κ3) is 1.15. The summed E-state index contributed by atoms with van der Waals surface area (Å²) in [4.78, 5) is 0. The first-order valence-corrected chi connectivity index (χ1v) is 4.66. The largest absolute Gasteiger partial charge is 0.0837 e. The predicted octanol–water partition coefficient (Wildman–Crippen LogP) is 3.31. The molecule has 0 aliphatic heterocycles. The van der Waals surface area contributed by atoms with Gasteiger partial charge in [-0.05, 0) is 36.7 Å². The standard InChI is InChI=1S/C11H16/c1-8-6-10-5-3-4-9(2)11(10)7-8/h3,5,8-9H,4,6-7H2,1-2H3. The molecule has 0 saturated carbocycles. The van der Waals surface area contributed by atoms with Gasteiger partial charge >= 0.3 is 0 Å². The van der Waals surface area contributed by atoms with Gasteiger partial charge in [0.25, 0.3) is 0 Å². The van der Waals surface area contributed by atoms with E-state index >= 15 is 0 Å². The Morgan fingerprint density at radius 3 is 2.82 bits per heavy atom. The van der Waals surface area contributed by atoms with Crippen molar-refractivity contribution in [2.45, 2.75) is 33.1 Å². The van der Waals surface area contributed by atoms with Crippen molar-refractivity contribution in [1.82, 2.24) is 0 Å². The van der Waals surface area contributed by atoms with Crippen molar-refractivity contribution < 1.29 is 0 Å². The summed E-state index contributed by atoms with van der Waals surface area (Å²) in [6, 6.07) is 0. The van der Waals surface area contributed by atoms with E-state index in [1.165, 1.54) is 19.3 Å². The van der Waals surface area contributed by atoms with Crippen molar-refractivity contribution >= 4 is 0 Å². The zero-order valence-corrected chi connectivity index (χ0v) is 7.43. The van der Waals surface area contributed by atoms with Crippen LogP contribution >= 0.6 is 0 Å². The molecule has 2 unspecified atom stereocenters. The van der Waals surface area contributed by atoms with Gasteiger partial charge in [0.15, 0.2) is 0 Å². The summed E-state index contributed by atoms with van der Waals surface area (Å²) in [7, 11) is 0. The normalized spacial score (nSPS) is 36.2. The second-order valence-electron chi connectivity index (χ2n) is 4.10. The van der Waals surface area contributed by atoms with E-state index in [4.69, 9.17) is 0 Å². The molecular formula is C11H16. The lowest BCUT2D eigenvalue weighted by Gasteiger charge is -2.16. The average molecular weight is 148 g/mol. The molecule has 0 heteroatoms. The maximum atomic E-state index is 2.36. The van der Waals surface area contributed by atoms with E-state index in [2.05, 4.69) is 26.0 Å². The first-order chi connectivity index (χ1) is 5.27. The van der Waals surface area contributed by atoms with Crippen LogP contribution in [0.25, 0.3) is 0 Å². The maximum Gasteiger partial charge on any atom is -0.0191 e. The van der Waals surface area contributed by atoms with Gasteiger partial charge in [0.1, 0.15) is 0 Å². The lowest BCUT2D eigenvalue weighted by molar-refractivity contribution is 0.583. The first-order valence-electron chi connectivity index (χ1n) is 4.66. The summed E-state index contributed by atoms with van der Waals surface area (Å²) in [6.45, 7) is 4.72. The molecule has 0 saturated heterocycles. The van der Waals surface area contributed by atoms with Gasteiger partial charge in [0, 0.05) is 0 Å². The molecule has 0 nitrogen and oxygen atoms in total. The molecule has 0 fully saturated rings. The summed E-state index contributed by atoms with van der Waals surface area (Å²) in [5.74, 6) is 1.74. The Labute approximate surface area is 69.0 Å². The van der Waals surface area contributed by atoms with E-state index in [1.54, 1.807) is 11.1 Å². The molecular weight excluding hydrogens is 132 g/mol. The lowest BCUT2D eigenvalue weighted by atomic mass is 9.90. The van der Waals surface area contributed by atoms with Gasteiger partial charge in [0.2, 0.25) is 0 Å². The third-order valence-corrected chi connectivity index (χ3v) is 2.95. The molecule has 0 radical (unpaired) electrons. The molecule has 60 valence electrons. The Bertz CT molecular complexity index is 220. The highest BCUT2D eigenvalue weighted by molar-refractivity contribution is 5.35. The van der Waals surface area contributed by atoms with Gasteiger partial charge in [-0.3, -0.25) is 0 Å². The zero-order valence-electron chi connectivity index (χ0n) is 7.43. The van der Waals surface area contributed by atoms with Gasteiger partial charge in [-0.15, -0.1) is 0 Å². The molecule has 0 spiro atoms. The molecule has 0 bridgehead atoms. The highest BCUT2D eigenvalue weighted by Gasteiger charge is 2.24. The summed E-state index contributed by atoms with van der Waals surface area (Å²) in [5.41, 5.74) is 3.40. The Morgan fingerprint density at radius 1 is 1.27 bits per heavy atom. The summed E-state index contributed by atoms with van der Waals surface area (Å²) < 4.78 is 0. The molecule has 2 atom stereocenters. The molecule has 2 aliphatic rings. The van der Waals surface area contributed by atoms with E-state index in [0.717, 1.165) is 11.8 Å². The molecule has 0 N–H and O–H groups in total. The Balaban J connectivity index is 2.25. The highest BCUT2D eigenvalue weighted by atomic mass is 14.3. The zero-order chi connectivity index (χ0) is 7.84. The van der Waals surface area contributed by atoms with E-state index < -0.39 is 0 Å². The van der Waals surface area contributed by atoms with Crippen LogP contribution < -0.4 is 0 Å². The Kier molecular flexibility index (Phi) is 1.63. The van der Waals surface area contributed by atoms with E-state index in [0.29, 0.717) is 0 Å². The van der Waals surface area contributed by atoms with Gasteiger partial charge in [0.05, 0.1) is 0 Å². The Hall–Kier alpha value is -0.520. The predicted molar refractivity (Wildman–Crippen MR) is 48.3 cm³/mol. The van der Waals surface area contributed by atoms with Crippen LogP contribution in [0.1, 0.15) is 33.1 Å². The van der Waals surface area contributed by atoms with Crippen molar-refractivity contribution in [3.05, 3.63) is 23.3 Å². The minimum absolute atomic E-state index is 0.833. The van der Waals surface area contributed by atoms with E-state index in [9.17, 15) is 0 Å². The van der Waals surface area contributed by atoms with Gasteiger partial charge in [-0.2, -0.15) is 0 Å². The number of hydrogen-bond acceptors (Lipinski definition) is 0. The molecule has 0 amide bonds. The van der Waals surface area contributed by atoms with Gasteiger partial charge < -0.3 is 0 Å². The fraction of sp³-hybridized carbons (Fsp3) is 0.636. The van der Waals surface area contributed by atoms with Crippen LogP contribution in [0.3, 0.4) is 0 Å². The number of hydrogen-bond donors (Lipinski definition) is 0. The van der Waals surface area contributed by atoms with Gasteiger partial charge in [-0.25, -0.2) is 0 Å². The third-order valence-electron chi connectivity index (χ3n) is 2.95. The van der Waals surface area contributed by atoms with Crippen molar-refractivity contribution in [2.24, 2.45) is 11.8 Å². The number of rotatable bonds is 0. The first kappa shape index (κ1) is 7.15. The minimum atomic E-state index is 0.833. The quantitative estimate of drug-likeness (QED) is 0.494. The molecule has 0 heterocycles. The van der Waals surface area contributed by atoms with Crippen LogP contribution in [0.4, 0.5) is 0 Å². The van der Waals surface area contributed by atoms with Crippen molar-refractivity contribution in [3.63, 3.8) is 0 Å². The average Bonchev–Trinajstić information content (AvgIpc) is 2.31. The number of allylic oxidation sites excluding steroid dienone is 4. The minimum Gasteiger partial charge on any atom is -0.0837 e. The lowest BCUT2D eigenvalue weighted by Crippen LogP contribution is -2.01. The smallest absolute Gasteiger partial charge is 0.0191 e. The van der Waals surface area contributed by atoms with Crippen molar-refractivity contribution in [1.29, 1.82) is 0 Å². The van der Waals surface area contributed by atoms with Crippen LogP contribution in [0.5, 0.6) is 0 Å². The second kappa shape index (κ2) is 2.51. The molecule has 0 aromatic rings. The second-order valence-corrected chi connectivity index (χ2v) is 4.10. The SMILES string of the molecule is CC1CC2=C(C1)C(C)CC=C2. The van der Waals surface area contributed by atoms with Crippen LogP contribution in [0, 0.1) is 11.8 Å². The summed E-state index contributed by atoms with van der Waals surface area (Å²) in [6.07, 6.45) is 8.64. The molecule has 11 heavy (non-hydrogen) atoms. The maximum absolute atomic E-state index is 2.36. The van der Waals surface area contributed by atoms with Crippen LogP contribution in [-0.4, -0.2) is 0 Å². The van der Waals surface area contributed by atoms with E-state index in [-0.39, 0.29) is 0 Å². The molecule has 0 aromatic heterocycles. The van der Waals surface area contributed by atoms with Crippen LogP contribution in [-0.2, 0) is 0 Å². The monoisotopic (exact) mass is 148 g/mol. The Morgan fingerprint density at radius 2 is 2.09 bits per heavy atom. The van der Waals surface area contributed by atoms with Gasteiger partial charge in [-0.1, -0.05) is 31.6 Å².